The first-order valence-electron chi connectivity index (χ1n) is 13.8. The SMILES string of the molecule is C=C(C)[C@@H]1CC[C@]2(C=O)CC[C@]3(C)C(CC[C@@H]4[C@@]5(C)CCC(O)[C@@](C)(CO)[C@@H]5CC[C@]43C)[C@@H]12. The molecule has 0 aromatic carbocycles. The molecule has 0 heterocycles. The van der Waals surface area contributed by atoms with Crippen LogP contribution in [0.2, 0.25) is 0 Å². The lowest BCUT2D eigenvalue weighted by atomic mass is 9.32. The van der Waals surface area contributed by atoms with Gasteiger partial charge in [0.1, 0.15) is 6.29 Å². The van der Waals surface area contributed by atoms with Crippen LogP contribution in [0.3, 0.4) is 0 Å². The third kappa shape index (κ3) is 2.79. The standard InChI is InChI=1S/C30H48O3/c1-19(2)20-9-14-30(18-32)16-15-28(5)21(25(20)30)7-8-23-26(3)12-11-24(33)27(4,17-31)22(26)10-13-29(23,28)6/h18,20-25,31,33H,1,7-17H2,2-6H3/t20-,21?,22+,23+,24?,25+,26-,27-,28+,29+,30+/m0/s1. The monoisotopic (exact) mass is 456 g/mol. The van der Waals surface area contributed by atoms with Gasteiger partial charge in [0.25, 0.3) is 0 Å². The Bertz CT molecular complexity index is 836. The summed E-state index contributed by atoms with van der Waals surface area (Å²) in [5, 5.41) is 21.3. The molecule has 0 saturated heterocycles. The summed E-state index contributed by atoms with van der Waals surface area (Å²) in [7, 11) is 0. The van der Waals surface area contributed by atoms with Gasteiger partial charge < -0.3 is 15.0 Å². The van der Waals surface area contributed by atoms with E-state index in [0.717, 1.165) is 38.5 Å². The molecule has 5 fully saturated rings. The number of hydrogen-bond acceptors (Lipinski definition) is 3. The van der Waals surface area contributed by atoms with Crippen molar-refractivity contribution in [1.82, 2.24) is 0 Å². The van der Waals surface area contributed by atoms with Crippen LogP contribution >= 0.6 is 0 Å². The molecule has 0 bridgehead atoms. The average Bonchev–Trinajstić information content (AvgIpc) is 3.17. The second kappa shape index (κ2) is 7.42. The zero-order valence-corrected chi connectivity index (χ0v) is 21.8. The van der Waals surface area contributed by atoms with Crippen LogP contribution in [0.1, 0.15) is 98.8 Å². The van der Waals surface area contributed by atoms with Gasteiger partial charge in [-0.25, -0.2) is 0 Å². The summed E-state index contributed by atoms with van der Waals surface area (Å²) in [6.45, 7) is 16.5. The Morgan fingerprint density at radius 3 is 2.27 bits per heavy atom. The fraction of sp³-hybridized carbons (Fsp3) is 0.900. The number of aldehydes is 1. The normalized spacial score (nSPS) is 57.9. The van der Waals surface area contributed by atoms with Gasteiger partial charge in [0.2, 0.25) is 0 Å². The molecule has 186 valence electrons. The molecule has 2 N–H and O–H groups in total. The largest absolute Gasteiger partial charge is 0.396 e. The van der Waals surface area contributed by atoms with Crippen molar-refractivity contribution in [2.24, 2.45) is 56.7 Å². The van der Waals surface area contributed by atoms with Crippen LogP contribution in [-0.2, 0) is 4.79 Å². The maximum Gasteiger partial charge on any atom is 0.126 e. The molecular weight excluding hydrogens is 408 g/mol. The Morgan fingerprint density at radius 1 is 0.909 bits per heavy atom. The molecule has 0 aliphatic heterocycles. The van der Waals surface area contributed by atoms with Gasteiger partial charge in [-0.2, -0.15) is 0 Å². The van der Waals surface area contributed by atoms with Gasteiger partial charge in [0.05, 0.1) is 12.7 Å². The Morgan fingerprint density at radius 2 is 1.64 bits per heavy atom. The van der Waals surface area contributed by atoms with Crippen molar-refractivity contribution in [3.63, 3.8) is 0 Å². The lowest BCUT2D eigenvalue weighted by molar-refractivity contribution is -0.252. The van der Waals surface area contributed by atoms with Crippen molar-refractivity contribution in [3.8, 4) is 0 Å². The smallest absolute Gasteiger partial charge is 0.126 e. The molecule has 5 aliphatic carbocycles. The highest BCUT2D eigenvalue weighted by Crippen LogP contribution is 2.77. The van der Waals surface area contributed by atoms with Gasteiger partial charge in [-0.3, -0.25) is 0 Å². The van der Waals surface area contributed by atoms with E-state index in [2.05, 4.69) is 41.2 Å². The number of carbonyl (C=O) groups is 1. The van der Waals surface area contributed by atoms with Crippen molar-refractivity contribution in [2.45, 2.75) is 105 Å². The van der Waals surface area contributed by atoms with E-state index in [9.17, 15) is 15.0 Å². The van der Waals surface area contributed by atoms with Crippen molar-refractivity contribution in [2.75, 3.05) is 6.61 Å². The Labute approximate surface area is 201 Å². The fourth-order valence-electron chi connectivity index (χ4n) is 11.4. The van der Waals surface area contributed by atoms with E-state index in [4.69, 9.17) is 0 Å². The topological polar surface area (TPSA) is 57.5 Å². The second-order valence-corrected chi connectivity index (χ2v) is 14.3. The molecular formula is C30H48O3. The molecule has 5 saturated carbocycles. The van der Waals surface area contributed by atoms with E-state index in [-0.39, 0.29) is 33.7 Å². The van der Waals surface area contributed by atoms with Gasteiger partial charge >= 0.3 is 0 Å². The first-order valence-corrected chi connectivity index (χ1v) is 13.8. The van der Waals surface area contributed by atoms with Crippen LogP contribution in [0.4, 0.5) is 0 Å². The first-order chi connectivity index (χ1) is 15.4. The zero-order valence-electron chi connectivity index (χ0n) is 21.8. The zero-order chi connectivity index (χ0) is 24.0. The third-order valence-electron chi connectivity index (χ3n) is 13.5. The van der Waals surface area contributed by atoms with Crippen LogP contribution in [0.5, 0.6) is 0 Å². The summed E-state index contributed by atoms with van der Waals surface area (Å²) in [4.78, 5) is 12.6. The van der Waals surface area contributed by atoms with E-state index >= 15 is 0 Å². The lowest BCUT2D eigenvalue weighted by Crippen LogP contribution is -2.67. The van der Waals surface area contributed by atoms with E-state index in [0.29, 0.717) is 29.6 Å². The minimum absolute atomic E-state index is 0.0853. The van der Waals surface area contributed by atoms with Gasteiger partial charge in [-0.15, -0.1) is 0 Å². The maximum absolute atomic E-state index is 12.6. The van der Waals surface area contributed by atoms with E-state index in [1.54, 1.807) is 0 Å². The van der Waals surface area contributed by atoms with Gasteiger partial charge in [0, 0.05) is 10.8 Å². The number of allylic oxidation sites excluding steroid dienone is 1. The summed E-state index contributed by atoms with van der Waals surface area (Å²) >= 11 is 0. The van der Waals surface area contributed by atoms with Crippen molar-refractivity contribution in [1.29, 1.82) is 0 Å². The van der Waals surface area contributed by atoms with Gasteiger partial charge in [-0.1, -0.05) is 39.8 Å². The molecule has 5 aliphatic rings. The van der Waals surface area contributed by atoms with Crippen LogP contribution in [0, 0.1) is 56.7 Å². The summed E-state index contributed by atoms with van der Waals surface area (Å²) in [6, 6.07) is 0. The van der Waals surface area contributed by atoms with Crippen LogP contribution in [-0.4, -0.2) is 29.2 Å². The van der Waals surface area contributed by atoms with Crippen LogP contribution in [0.25, 0.3) is 0 Å². The van der Waals surface area contributed by atoms with Gasteiger partial charge in [0.15, 0.2) is 0 Å². The predicted molar refractivity (Wildman–Crippen MR) is 132 cm³/mol. The first kappa shape index (κ1) is 24.0. The predicted octanol–water partition coefficient (Wildman–Crippen LogP) is 6.18. The minimum atomic E-state index is -0.394. The van der Waals surface area contributed by atoms with Crippen LogP contribution in [0.15, 0.2) is 12.2 Å². The molecule has 3 heteroatoms. The highest BCUT2D eigenvalue weighted by atomic mass is 16.3. The summed E-state index contributed by atoms with van der Waals surface area (Å²) in [5.74, 6) is 2.56. The average molecular weight is 457 g/mol. The van der Waals surface area contributed by atoms with E-state index < -0.39 is 6.10 Å². The Balaban J connectivity index is 1.55. The molecule has 2 unspecified atom stereocenters. The van der Waals surface area contributed by atoms with Crippen molar-refractivity contribution in [3.05, 3.63) is 12.2 Å². The highest BCUT2D eigenvalue weighted by Gasteiger charge is 2.71. The fourth-order valence-corrected chi connectivity index (χ4v) is 11.4. The lowest BCUT2D eigenvalue weighted by Gasteiger charge is -2.72. The molecule has 33 heavy (non-hydrogen) atoms. The van der Waals surface area contributed by atoms with Crippen LogP contribution < -0.4 is 0 Å². The summed E-state index contributed by atoms with van der Waals surface area (Å²) in [5.41, 5.74) is 1.43. The quantitative estimate of drug-likeness (QED) is 0.394. The molecule has 0 radical (unpaired) electrons. The van der Waals surface area contributed by atoms with Crippen molar-refractivity contribution < 1.29 is 15.0 Å². The highest BCUT2D eigenvalue weighted by molar-refractivity contribution is 5.62. The molecule has 5 rings (SSSR count). The number of rotatable bonds is 3. The maximum atomic E-state index is 12.6. The molecule has 0 amide bonds. The molecule has 0 aromatic heterocycles. The summed E-state index contributed by atoms with van der Waals surface area (Å²) in [6.07, 6.45) is 12.0. The second-order valence-electron chi connectivity index (χ2n) is 14.3. The van der Waals surface area contributed by atoms with Crippen molar-refractivity contribution >= 4 is 6.29 Å². The Kier molecular flexibility index (Phi) is 5.40. The Hall–Kier alpha value is -0.670. The molecule has 11 atom stereocenters. The van der Waals surface area contributed by atoms with E-state index in [1.165, 1.54) is 37.5 Å². The molecule has 0 spiro atoms. The third-order valence-corrected chi connectivity index (χ3v) is 13.5. The summed E-state index contributed by atoms with van der Waals surface area (Å²) < 4.78 is 0. The molecule has 0 aromatic rings. The number of fused-ring (bicyclic) bond motifs is 7. The number of aliphatic hydroxyl groups excluding tert-OH is 2. The van der Waals surface area contributed by atoms with E-state index in [1.807, 2.05) is 0 Å². The number of carbonyl (C=O) groups excluding carboxylic acids is 1. The minimum Gasteiger partial charge on any atom is -0.396 e. The molecule has 3 nitrogen and oxygen atoms in total. The van der Waals surface area contributed by atoms with Gasteiger partial charge in [-0.05, 0) is 117 Å². The number of aliphatic hydroxyl groups is 2. The number of hydrogen-bond donors (Lipinski definition) is 2.